The second-order valence-corrected chi connectivity index (χ2v) is 6.26. The van der Waals surface area contributed by atoms with Crippen LogP contribution in [-0.2, 0) is 4.79 Å². The second kappa shape index (κ2) is 8.18. The number of rotatable bonds is 5. The molecule has 0 radical (unpaired) electrons. The third kappa shape index (κ3) is 4.17. The Bertz CT molecular complexity index is 1040. The molecule has 2 N–H and O–H groups in total. The Morgan fingerprint density at radius 2 is 1.89 bits per heavy atom. The monoisotopic (exact) mass is 404 g/mol. The molecule has 2 aromatic carbocycles. The van der Waals surface area contributed by atoms with Gasteiger partial charge in [-0.2, -0.15) is 5.10 Å². The second-order valence-electron chi connectivity index (χ2n) is 5.82. The number of hydrogen-bond donors (Lipinski definition) is 2. The molecule has 0 spiro atoms. The number of benzene rings is 2. The van der Waals surface area contributed by atoms with E-state index in [0.717, 1.165) is 12.1 Å². The van der Waals surface area contributed by atoms with Gasteiger partial charge in [-0.05, 0) is 42.0 Å². The van der Waals surface area contributed by atoms with E-state index in [2.05, 4.69) is 15.7 Å². The van der Waals surface area contributed by atoms with Crippen molar-refractivity contribution < 1.29 is 18.4 Å². The highest BCUT2D eigenvalue weighted by Crippen LogP contribution is 2.18. The van der Waals surface area contributed by atoms with E-state index in [-0.39, 0.29) is 11.3 Å². The fourth-order valence-corrected chi connectivity index (χ4v) is 2.73. The molecule has 1 atom stereocenters. The molecular formula is C19H15ClF2N4O2. The number of nitrogens with one attached hydrogen (secondary N) is 2. The van der Waals surface area contributed by atoms with Crippen LogP contribution in [0.3, 0.4) is 0 Å². The molecule has 0 fully saturated rings. The van der Waals surface area contributed by atoms with Gasteiger partial charge >= 0.3 is 0 Å². The molecule has 0 aliphatic carbocycles. The van der Waals surface area contributed by atoms with Crippen LogP contribution in [0.15, 0.2) is 54.7 Å². The summed E-state index contributed by atoms with van der Waals surface area (Å²) in [4.78, 5) is 24.7. The van der Waals surface area contributed by atoms with Gasteiger partial charge in [0.05, 0.1) is 5.69 Å². The smallest absolute Gasteiger partial charge is 0.272 e. The van der Waals surface area contributed by atoms with E-state index in [1.807, 2.05) is 0 Å². The third-order valence-corrected chi connectivity index (χ3v) is 4.19. The highest BCUT2D eigenvalue weighted by Gasteiger charge is 2.24. The van der Waals surface area contributed by atoms with E-state index in [9.17, 15) is 18.4 Å². The molecule has 6 nitrogen and oxygen atoms in total. The zero-order chi connectivity index (χ0) is 20.3. The van der Waals surface area contributed by atoms with Crippen LogP contribution in [0.2, 0.25) is 5.02 Å². The predicted octanol–water partition coefficient (Wildman–Crippen LogP) is 3.02. The minimum atomic E-state index is -1.22. The van der Waals surface area contributed by atoms with Crippen molar-refractivity contribution in [2.45, 2.75) is 6.04 Å². The number of amides is 2. The summed E-state index contributed by atoms with van der Waals surface area (Å²) < 4.78 is 28.2. The highest BCUT2D eigenvalue weighted by molar-refractivity contribution is 6.30. The molecule has 144 valence electrons. The first kappa shape index (κ1) is 19.5. The number of aromatic nitrogens is 2. The minimum Gasteiger partial charge on any atom is -0.357 e. The lowest BCUT2D eigenvalue weighted by Gasteiger charge is -2.17. The van der Waals surface area contributed by atoms with Gasteiger partial charge in [-0.3, -0.25) is 9.59 Å². The first-order valence-electron chi connectivity index (χ1n) is 8.18. The summed E-state index contributed by atoms with van der Waals surface area (Å²) in [6.45, 7) is 0. The van der Waals surface area contributed by atoms with Crippen LogP contribution in [0.5, 0.6) is 0 Å². The maximum Gasteiger partial charge on any atom is 0.272 e. The zero-order valence-corrected chi connectivity index (χ0v) is 15.4. The number of halogens is 3. The fourth-order valence-electron chi connectivity index (χ4n) is 2.55. The van der Waals surface area contributed by atoms with Crippen molar-refractivity contribution in [3.05, 3.63) is 82.6 Å². The van der Waals surface area contributed by atoms with Crippen molar-refractivity contribution in [1.29, 1.82) is 0 Å². The van der Waals surface area contributed by atoms with Crippen molar-refractivity contribution in [3.8, 4) is 5.69 Å². The van der Waals surface area contributed by atoms with Gasteiger partial charge in [-0.25, -0.2) is 13.5 Å². The molecular weight excluding hydrogens is 390 g/mol. The van der Waals surface area contributed by atoms with Crippen LogP contribution < -0.4 is 10.6 Å². The fraction of sp³-hybridized carbons (Fsp3) is 0.105. The lowest BCUT2D eigenvalue weighted by Crippen LogP contribution is -2.39. The van der Waals surface area contributed by atoms with Gasteiger partial charge in [0.1, 0.15) is 6.04 Å². The average molecular weight is 405 g/mol. The molecule has 28 heavy (non-hydrogen) atoms. The number of nitrogens with zero attached hydrogens (tertiary/aromatic N) is 2. The molecule has 0 saturated heterocycles. The first-order valence-corrected chi connectivity index (χ1v) is 8.56. The number of hydrogen-bond acceptors (Lipinski definition) is 3. The Morgan fingerprint density at radius 1 is 1.11 bits per heavy atom. The molecule has 3 rings (SSSR count). The Balaban J connectivity index is 1.84. The van der Waals surface area contributed by atoms with Gasteiger partial charge < -0.3 is 10.6 Å². The molecule has 1 unspecified atom stereocenters. The topological polar surface area (TPSA) is 76.0 Å². The number of likely N-dealkylation sites (N-methyl/N-ethyl adjacent to an activating group) is 1. The molecule has 9 heteroatoms. The van der Waals surface area contributed by atoms with Crippen molar-refractivity contribution in [2.24, 2.45) is 0 Å². The first-order chi connectivity index (χ1) is 13.4. The van der Waals surface area contributed by atoms with Crippen LogP contribution in [-0.4, -0.2) is 28.6 Å². The summed E-state index contributed by atoms with van der Waals surface area (Å²) in [5.74, 6) is -3.41. The van der Waals surface area contributed by atoms with Crippen LogP contribution >= 0.6 is 11.6 Å². The summed E-state index contributed by atoms with van der Waals surface area (Å²) in [7, 11) is 1.37. The molecule has 1 aromatic heterocycles. The minimum absolute atomic E-state index is 0.0384. The summed E-state index contributed by atoms with van der Waals surface area (Å²) in [6.07, 6.45) is 1.56. The normalized spacial score (nSPS) is 11.7. The zero-order valence-electron chi connectivity index (χ0n) is 14.6. The van der Waals surface area contributed by atoms with E-state index in [4.69, 9.17) is 11.6 Å². The predicted molar refractivity (Wildman–Crippen MR) is 99.2 cm³/mol. The number of carbonyl (C=O) groups is 2. The lowest BCUT2D eigenvalue weighted by molar-refractivity contribution is -0.122. The number of carbonyl (C=O) groups excluding carboxylic acids is 2. The van der Waals surface area contributed by atoms with Crippen LogP contribution in [0.1, 0.15) is 22.1 Å². The Labute approximate surface area is 164 Å². The van der Waals surface area contributed by atoms with Gasteiger partial charge in [0.15, 0.2) is 17.3 Å². The van der Waals surface area contributed by atoms with E-state index < -0.39 is 29.5 Å². The molecule has 3 aromatic rings. The molecule has 1 heterocycles. The maximum absolute atomic E-state index is 13.5. The summed E-state index contributed by atoms with van der Waals surface area (Å²) in [5, 5.41) is 9.54. The Hall–Kier alpha value is -3.26. The third-order valence-electron chi connectivity index (χ3n) is 3.96. The van der Waals surface area contributed by atoms with Crippen molar-refractivity contribution in [2.75, 3.05) is 7.05 Å². The summed E-state index contributed by atoms with van der Waals surface area (Å²) in [5.41, 5.74) is 0.785. The van der Waals surface area contributed by atoms with Crippen molar-refractivity contribution in [1.82, 2.24) is 20.4 Å². The van der Waals surface area contributed by atoms with Gasteiger partial charge in [-0.1, -0.05) is 23.7 Å². The van der Waals surface area contributed by atoms with Crippen LogP contribution in [0, 0.1) is 11.6 Å². The lowest BCUT2D eigenvalue weighted by atomic mass is 10.1. The Morgan fingerprint density at radius 3 is 2.57 bits per heavy atom. The van der Waals surface area contributed by atoms with Gasteiger partial charge in [0.2, 0.25) is 5.91 Å². The van der Waals surface area contributed by atoms with Gasteiger partial charge in [0, 0.05) is 18.3 Å². The van der Waals surface area contributed by atoms with E-state index in [0.29, 0.717) is 10.7 Å². The van der Waals surface area contributed by atoms with Crippen LogP contribution in [0.25, 0.3) is 5.69 Å². The molecule has 0 saturated carbocycles. The highest BCUT2D eigenvalue weighted by atomic mass is 35.5. The average Bonchev–Trinajstić information content (AvgIpc) is 3.18. The van der Waals surface area contributed by atoms with E-state index in [1.165, 1.54) is 23.9 Å². The molecule has 0 aliphatic rings. The van der Waals surface area contributed by atoms with Gasteiger partial charge in [-0.15, -0.1) is 0 Å². The quantitative estimate of drug-likeness (QED) is 0.686. The molecule has 0 aliphatic heterocycles. The van der Waals surface area contributed by atoms with E-state index >= 15 is 0 Å². The standard InChI is InChI=1S/C19H15ClF2N4O2/c1-23-19(28)17(11-5-6-14(21)15(22)9-11)24-18(27)16-7-8-26(25-16)13-4-2-3-12(20)10-13/h2-10,17H,1H3,(H,23,28)(H,24,27). The molecule has 2 amide bonds. The van der Waals surface area contributed by atoms with E-state index in [1.54, 1.807) is 30.5 Å². The van der Waals surface area contributed by atoms with Crippen molar-refractivity contribution >= 4 is 23.4 Å². The maximum atomic E-state index is 13.5. The summed E-state index contributed by atoms with van der Waals surface area (Å²) in [6, 6.07) is 10.1. The van der Waals surface area contributed by atoms with Crippen LogP contribution in [0.4, 0.5) is 8.78 Å². The van der Waals surface area contributed by atoms with Gasteiger partial charge in [0.25, 0.3) is 5.91 Å². The Kier molecular flexibility index (Phi) is 5.70. The molecule has 0 bridgehead atoms. The van der Waals surface area contributed by atoms with Crippen molar-refractivity contribution in [3.63, 3.8) is 0 Å². The summed E-state index contributed by atoms with van der Waals surface area (Å²) >= 11 is 5.95. The largest absolute Gasteiger partial charge is 0.357 e. The SMILES string of the molecule is CNC(=O)C(NC(=O)c1ccn(-c2cccc(Cl)c2)n1)c1ccc(F)c(F)c1.